The maximum absolute atomic E-state index is 10.9. The van der Waals surface area contributed by atoms with E-state index < -0.39 is 0 Å². The molecule has 2 rings (SSSR count). The summed E-state index contributed by atoms with van der Waals surface area (Å²) < 4.78 is 0.767. The number of nitrogens with two attached hydrogens (primary N) is 2. The minimum Gasteiger partial charge on any atom is -0.693 e. The van der Waals surface area contributed by atoms with Gasteiger partial charge in [0.15, 0.2) is 6.21 Å². The molecule has 0 amide bonds. The first-order chi connectivity index (χ1) is 8.15. The molecule has 0 saturated heterocycles. The smallest absolute Gasteiger partial charge is 0.181 e. The van der Waals surface area contributed by atoms with E-state index in [0.29, 0.717) is 0 Å². The zero-order valence-electron chi connectivity index (χ0n) is 13.3. The van der Waals surface area contributed by atoms with Crippen LogP contribution in [-0.4, -0.2) is 28.0 Å². The van der Waals surface area contributed by atoms with Gasteiger partial charge in [-0.05, 0) is 36.8 Å². The molecule has 0 unspecified atom stereocenters. The van der Waals surface area contributed by atoms with Gasteiger partial charge >= 0.3 is 0 Å². The standard InChI is InChI=1S/C13H13N3O.2CH3.Ir.2H2N/c1-10-3-5-14-12(7-10)13-8-11(4-6-15-13)9-16(2)17;;;;;/h3-9H,1-2H3;2*1H3;;2*1H2/q;2*-1;;2*-1/b16-9-;;;;;. The summed E-state index contributed by atoms with van der Waals surface area (Å²) in [5.74, 6) is 0. The Labute approximate surface area is 146 Å². The van der Waals surface area contributed by atoms with Gasteiger partial charge in [0.25, 0.3) is 0 Å². The van der Waals surface area contributed by atoms with E-state index in [4.69, 9.17) is 0 Å². The zero-order valence-corrected chi connectivity index (χ0v) is 15.7. The van der Waals surface area contributed by atoms with Gasteiger partial charge in [0.1, 0.15) is 7.05 Å². The summed E-state index contributed by atoms with van der Waals surface area (Å²) in [5, 5.41) is 10.9. The Bertz CT molecular complexity index is 571. The molecule has 0 atom stereocenters. The third-order valence-electron chi connectivity index (χ3n) is 2.29. The van der Waals surface area contributed by atoms with Crippen LogP contribution in [0.5, 0.6) is 0 Å². The van der Waals surface area contributed by atoms with Crippen LogP contribution in [0.2, 0.25) is 0 Å². The number of pyridine rings is 2. The van der Waals surface area contributed by atoms with Crippen LogP contribution in [0.1, 0.15) is 11.1 Å². The second-order valence-corrected chi connectivity index (χ2v) is 3.87. The Balaban J connectivity index is -0.000000324. The van der Waals surface area contributed by atoms with Crippen molar-refractivity contribution in [2.45, 2.75) is 6.92 Å². The molecule has 0 aliphatic carbocycles. The number of aryl methyl sites for hydroxylation is 1. The van der Waals surface area contributed by atoms with Crippen LogP contribution in [0.4, 0.5) is 0 Å². The van der Waals surface area contributed by atoms with Gasteiger partial charge in [0, 0.05) is 38.1 Å². The molecule has 1 radical (unpaired) electrons. The van der Waals surface area contributed by atoms with E-state index in [9.17, 15) is 5.21 Å². The predicted octanol–water partition coefficient (Wildman–Crippen LogP) is 4.34. The molecule has 0 aliphatic heterocycles. The predicted molar refractivity (Wildman–Crippen MR) is 90.3 cm³/mol. The SMILES string of the molecule is Cc1ccnc(-c2cc(/C=[N+](/C)[O-])ccn2)c1.[CH3-].[CH3-].[Ir].[NH2-].[NH2-]. The van der Waals surface area contributed by atoms with Crippen LogP contribution >= 0.6 is 0 Å². The van der Waals surface area contributed by atoms with E-state index in [1.165, 1.54) is 13.3 Å². The Morgan fingerprint density at radius 1 is 1.00 bits per heavy atom. The topological polar surface area (TPSA) is 119 Å². The third-order valence-corrected chi connectivity index (χ3v) is 2.29. The van der Waals surface area contributed by atoms with Gasteiger partial charge in [0.05, 0.1) is 11.4 Å². The molecule has 0 aliphatic rings. The van der Waals surface area contributed by atoms with E-state index in [-0.39, 0.29) is 47.3 Å². The molecule has 0 saturated carbocycles. The van der Waals surface area contributed by atoms with Gasteiger partial charge in [-0.15, -0.1) is 0 Å². The Morgan fingerprint density at radius 3 is 2.00 bits per heavy atom. The number of hydrogen-bond acceptors (Lipinski definition) is 3. The number of nitrogens with zero attached hydrogens (tertiary/aromatic N) is 3. The largest absolute Gasteiger partial charge is 0.693 e. The van der Waals surface area contributed by atoms with Crippen LogP contribution in [0.3, 0.4) is 0 Å². The first kappa shape index (κ1) is 28.5. The van der Waals surface area contributed by atoms with Crippen molar-refractivity contribution in [2.75, 3.05) is 7.05 Å². The van der Waals surface area contributed by atoms with Gasteiger partial charge < -0.3 is 32.4 Å². The van der Waals surface area contributed by atoms with Crippen LogP contribution in [0.25, 0.3) is 23.7 Å². The molecule has 0 aromatic carbocycles. The quantitative estimate of drug-likeness (QED) is 0.209. The van der Waals surface area contributed by atoms with Crippen molar-refractivity contribution in [1.29, 1.82) is 0 Å². The van der Waals surface area contributed by atoms with Crippen molar-refractivity contribution in [2.24, 2.45) is 0 Å². The summed E-state index contributed by atoms with van der Waals surface area (Å²) in [4.78, 5) is 8.52. The van der Waals surface area contributed by atoms with Crippen LogP contribution in [0, 0.1) is 27.0 Å². The van der Waals surface area contributed by atoms with Gasteiger partial charge in [0.2, 0.25) is 0 Å². The molecule has 4 N–H and O–H groups in total. The monoisotopic (exact) mass is 482 g/mol. The average Bonchev–Trinajstić information content (AvgIpc) is 2.28. The molecule has 6 nitrogen and oxygen atoms in total. The molecular formula is C15H23IrN5O-4. The molecular weight excluding hydrogens is 458 g/mol. The van der Waals surface area contributed by atoms with Crippen molar-refractivity contribution in [3.8, 4) is 11.4 Å². The van der Waals surface area contributed by atoms with Gasteiger partial charge in [-0.1, -0.05) is 0 Å². The Hall–Kier alpha value is -1.66. The van der Waals surface area contributed by atoms with E-state index in [1.807, 2.05) is 25.1 Å². The summed E-state index contributed by atoms with van der Waals surface area (Å²) in [6.45, 7) is 2.01. The third kappa shape index (κ3) is 7.95. The fourth-order valence-electron chi connectivity index (χ4n) is 1.55. The normalized spacial score (nSPS) is 8.91. The molecule has 127 valence electrons. The molecule has 0 fully saturated rings. The number of rotatable bonds is 2. The second-order valence-electron chi connectivity index (χ2n) is 3.87. The first-order valence-corrected chi connectivity index (χ1v) is 5.29. The molecule has 0 spiro atoms. The van der Waals surface area contributed by atoms with Crippen LogP contribution in [-0.2, 0) is 20.1 Å². The van der Waals surface area contributed by atoms with Gasteiger partial charge in [-0.25, -0.2) is 4.74 Å². The minimum atomic E-state index is 0. The van der Waals surface area contributed by atoms with E-state index in [2.05, 4.69) is 9.97 Å². The molecule has 2 heterocycles. The van der Waals surface area contributed by atoms with Crippen molar-refractivity contribution in [3.63, 3.8) is 0 Å². The Morgan fingerprint density at radius 2 is 1.50 bits per heavy atom. The first-order valence-electron chi connectivity index (χ1n) is 5.29. The van der Waals surface area contributed by atoms with E-state index >= 15 is 0 Å². The fraction of sp³-hybridized carbons (Fsp3) is 0.133. The van der Waals surface area contributed by atoms with Crippen molar-refractivity contribution in [3.05, 3.63) is 80.1 Å². The zero-order chi connectivity index (χ0) is 12.3. The van der Waals surface area contributed by atoms with E-state index in [1.54, 1.807) is 18.5 Å². The van der Waals surface area contributed by atoms with Crippen LogP contribution < -0.4 is 0 Å². The summed E-state index contributed by atoms with van der Waals surface area (Å²) >= 11 is 0. The average molecular weight is 482 g/mol. The molecule has 0 bridgehead atoms. The summed E-state index contributed by atoms with van der Waals surface area (Å²) in [5.41, 5.74) is 3.53. The molecule has 2 aromatic rings. The summed E-state index contributed by atoms with van der Waals surface area (Å²) in [6.07, 6.45) is 4.93. The van der Waals surface area contributed by atoms with Gasteiger partial charge in [-0.3, -0.25) is 9.97 Å². The maximum atomic E-state index is 10.9. The Kier molecular flexibility index (Phi) is 16.9. The van der Waals surface area contributed by atoms with Crippen molar-refractivity contribution >= 4 is 6.21 Å². The second kappa shape index (κ2) is 13.0. The maximum Gasteiger partial charge on any atom is 0.181 e. The van der Waals surface area contributed by atoms with Crippen molar-refractivity contribution < 1.29 is 24.8 Å². The fourth-order valence-corrected chi connectivity index (χ4v) is 1.55. The van der Waals surface area contributed by atoms with E-state index in [0.717, 1.165) is 27.3 Å². The number of hydroxylamine groups is 1. The molecule has 22 heavy (non-hydrogen) atoms. The molecule has 2 aromatic heterocycles. The number of hydrogen-bond donors (Lipinski definition) is 0. The number of aromatic nitrogens is 2. The van der Waals surface area contributed by atoms with Crippen molar-refractivity contribution in [1.82, 2.24) is 9.97 Å². The molecule has 7 heteroatoms. The van der Waals surface area contributed by atoms with Crippen LogP contribution in [0.15, 0.2) is 36.7 Å². The minimum absolute atomic E-state index is 0. The van der Waals surface area contributed by atoms with Gasteiger partial charge in [-0.2, -0.15) is 0 Å². The summed E-state index contributed by atoms with van der Waals surface area (Å²) in [6, 6.07) is 7.53. The summed E-state index contributed by atoms with van der Waals surface area (Å²) in [7, 11) is 1.45.